The summed E-state index contributed by atoms with van der Waals surface area (Å²) in [5.74, 6) is 0. The Hall–Kier alpha value is -2.71. The fourth-order valence-electron chi connectivity index (χ4n) is 1.95. The zero-order valence-corrected chi connectivity index (χ0v) is 14.1. The van der Waals surface area contributed by atoms with Crippen LogP contribution in [0.25, 0.3) is 11.3 Å². The molecule has 0 saturated carbocycles. The van der Waals surface area contributed by atoms with Gasteiger partial charge in [-0.15, -0.1) is 0 Å². The highest BCUT2D eigenvalue weighted by Gasteiger charge is 2.38. The van der Waals surface area contributed by atoms with E-state index in [1.165, 1.54) is 37.9 Å². The molecule has 0 saturated heterocycles. The molecule has 2 rings (SSSR count). The fraction of sp³-hybridized carbons (Fsp3) is 0.375. The van der Waals surface area contributed by atoms with Gasteiger partial charge in [0.05, 0.1) is 11.4 Å². The third-order valence-corrected chi connectivity index (χ3v) is 3.03. The second-order valence-electron chi connectivity index (χ2n) is 6.23. The monoisotopic (exact) mass is 354 g/mol. The van der Waals surface area contributed by atoms with Crippen LogP contribution in [0, 0.1) is 0 Å². The number of rotatable bonds is 2. The van der Waals surface area contributed by atoms with E-state index in [9.17, 15) is 18.0 Å². The Balaban J connectivity index is 2.46. The maximum absolute atomic E-state index is 13.4. The van der Waals surface area contributed by atoms with Gasteiger partial charge >= 0.3 is 12.3 Å². The smallest absolute Gasteiger partial charge is 0.435 e. The Morgan fingerprint density at radius 2 is 1.72 bits per heavy atom. The predicted octanol–water partition coefficient (Wildman–Crippen LogP) is 3.93. The zero-order chi connectivity index (χ0) is 18.8. The molecular weight excluding hydrogens is 337 g/mol. The van der Waals surface area contributed by atoms with Crippen molar-refractivity contribution >= 4 is 11.8 Å². The standard InChI is InChI=1S/C16H17F3N4O2/c1-15(2,3)25-14(24)23(4)12-6-5-11(10-7-20-9-21-8-10)22-13(12)16(17,18)19/h5-9H,1-4H3. The third-order valence-electron chi connectivity index (χ3n) is 3.03. The Morgan fingerprint density at radius 1 is 1.12 bits per heavy atom. The molecule has 0 fully saturated rings. The molecule has 0 radical (unpaired) electrons. The van der Waals surface area contributed by atoms with Crippen molar-refractivity contribution in [2.45, 2.75) is 32.5 Å². The van der Waals surface area contributed by atoms with Gasteiger partial charge < -0.3 is 4.74 Å². The molecule has 0 bridgehead atoms. The lowest BCUT2D eigenvalue weighted by atomic mass is 10.1. The Morgan fingerprint density at radius 3 is 2.24 bits per heavy atom. The van der Waals surface area contributed by atoms with Crippen LogP contribution < -0.4 is 4.90 Å². The zero-order valence-electron chi connectivity index (χ0n) is 14.1. The molecule has 0 atom stereocenters. The molecule has 0 aliphatic carbocycles. The highest BCUT2D eigenvalue weighted by Crippen LogP contribution is 2.36. The van der Waals surface area contributed by atoms with Crippen LogP contribution in [0.5, 0.6) is 0 Å². The second kappa shape index (κ2) is 6.66. The van der Waals surface area contributed by atoms with Gasteiger partial charge in [-0.05, 0) is 32.9 Å². The number of hydrogen-bond donors (Lipinski definition) is 0. The van der Waals surface area contributed by atoms with Crippen molar-refractivity contribution in [3.63, 3.8) is 0 Å². The van der Waals surface area contributed by atoms with Gasteiger partial charge in [-0.25, -0.2) is 19.7 Å². The number of carbonyl (C=O) groups excluding carboxylic acids is 1. The molecule has 9 heteroatoms. The van der Waals surface area contributed by atoms with E-state index in [0.717, 1.165) is 4.90 Å². The van der Waals surface area contributed by atoms with Gasteiger partial charge in [0.2, 0.25) is 0 Å². The van der Waals surface area contributed by atoms with Crippen LogP contribution in [0.2, 0.25) is 0 Å². The van der Waals surface area contributed by atoms with Crippen molar-refractivity contribution in [1.29, 1.82) is 0 Å². The molecule has 134 valence electrons. The van der Waals surface area contributed by atoms with E-state index < -0.39 is 29.3 Å². The van der Waals surface area contributed by atoms with Crippen LogP contribution >= 0.6 is 0 Å². The number of halogens is 3. The summed E-state index contributed by atoms with van der Waals surface area (Å²) in [7, 11) is 1.20. The number of ether oxygens (including phenoxy) is 1. The molecule has 25 heavy (non-hydrogen) atoms. The van der Waals surface area contributed by atoms with Crippen LogP contribution in [0.4, 0.5) is 23.7 Å². The molecule has 6 nitrogen and oxygen atoms in total. The van der Waals surface area contributed by atoms with Gasteiger partial charge in [0.1, 0.15) is 11.9 Å². The Kier molecular flexibility index (Phi) is 4.96. The number of nitrogens with zero attached hydrogens (tertiary/aromatic N) is 4. The van der Waals surface area contributed by atoms with Crippen molar-refractivity contribution < 1.29 is 22.7 Å². The minimum absolute atomic E-state index is 0.0502. The molecule has 0 aliphatic heterocycles. The molecule has 2 heterocycles. The average Bonchev–Trinajstić information content (AvgIpc) is 2.52. The van der Waals surface area contributed by atoms with Gasteiger partial charge in [0.15, 0.2) is 5.69 Å². The van der Waals surface area contributed by atoms with Crippen molar-refractivity contribution in [2.24, 2.45) is 0 Å². The molecule has 0 spiro atoms. The van der Waals surface area contributed by atoms with Gasteiger partial charge in [-0.3, -0.25) is 4.90 Å². The van der Waals surface area contributed by atoms with Crippen molar-refractivity contribution in [1.82, 2.24) is 15.0 Å². The van der Waals surface area contributed by atoms with E-state index in [2.05, 4.69) is 15.0 Å². The number of aromatic nitrogens is 3. The topological polar surface area (TPSA) is 68.2 Å². The van der Waals surface area contributed by atoms with Crippen LogP contribution in [-0.4, -0.2) is 33.7 Å². The summed E-state index contributed by atoms with van der Waals surface area (Å²) >= 11 is 0. The maximum Gasteiger partial charge on any atom is 0.435 e. The molecule has 0 aliphatic rings. The van der Waals surface area contributed by atoms with Crippen molar-refractivity contribution in [2.75, 3.05) is 11.9 Å². The lowest BCUT2D eigenvalue weighted by Gasteiger charge is -2.26. The summed E-state index contributed by atoms with van der Waals surface area (Å²) in [6.45, 7) is 4.88. The van der Waals surface area contributed by atoms with Crippen LogP contribution in [0.1, 0.15) is 26.5 Å². The summed E-state index contributed by atoms with van der Waals surface area (Å²) < 4.78 is 45.4. The molecule has 1 amide bonds. The van der Waals surface area contributed by atoms with Crippen molar-refractivity contribution in [3.05, 3.63) is 36.5 Å². The van der Waals surface area contributed by atoms with Gasteiger partial charge in [-0.2, -0.15) is 13.2 Å². The second-order valence-corrected chi connectivity index (χ2v) is 6.23. The molecule has 0 N–H and O–H groups in total. The number of pyridine rings is 1. The number of hydrogen-bond acceptors (Lipinski definition) is 5. The highest BCUT2D eigenvalue weighted by atomic mass is 19.4. The number of amides is 1. The molecular formula is C16H17F3N4O2. The first-order valence-corrected chi connectivity index (χ1v) is 7.29. The highest BCUT2D eigenvalue weighted by molar-refractivity contribution is 5.88. The largest absolute Gasteiger partial charge is 0.443 e. The Bertz CT molecular complexity index is 758. The molecule has 2 aromatic heterocycles. The predicted molar refractivity (Wildman–Crippen MR) is 84.9 cm³/mol. The summed E-state index contributed by atoms with van der Waals surface area (Å²) in [4.78, 5) is 24.0. The lowest BCUT2D eigenvalue weighted by molar-refractivity contribution is -0.140. The van der Waals surface area contributed by atoms with Crippen LogP contribution in [0.15, 0.2) is 30.9 Å². The first-order valence-electron chi connectivity index (χ1n) is 7.29. The minimum Gasteiger partial charge on any atom is -0.443 e. The summed E-state index contributed by atoms with van der Waals surface area (Å²) in [6, 6.07) is 2.53. The number of anilines is 1. The van der Waals surface area contributed by atoms with Gasteiger partial charge in [0.25, 0.3) is 0 Å². The average molecular weight is 354 g/mol. The minimum atomic E-state index is -4.75. The van der Waals surface area contributed by atoms with Crippen LogP contribution in [0.3, 0.4) is 0 Å². The molecule has 2 aromatic rings. The first kappa shape index (κ1) is 18.6. The van der Waals surface area contributed by atoms with E-state index in [1.54, 1.807) is 20.8 Å². The van der Waals surface area contributed by atoms with Crippen molar-refractivity contribution in [3.8, 4) is 11.3 Å². The fourth-order valence-corrected chi connectivity index (χ4v) is 1.95. The first-order chi connectivity index (χ1) is 11.5. The maximum atomic E-state index is 13.4. The molecule has 0 aromatic carbocycles. The number of alkyl halides is 3. The van der Waals surface area contributed by atoms with E-state index in [-0.39, 0.29) is 5.69 Å². The normalized spacial score (nSPS) is 12.0. The number of carbonyl (C=O) groups is 1. The summed E-state index contributed by atoms with van der Waals surface area (Å²) in [5.41, 5.74) is -2.04. The SMILES string of the molecule is CN(C(=O)OC(C)(C)C)c1ccc(-c2cncnc2)nc1C(F)(F)F. The molecule has 0 unspecified atom stereocenters. The third kappa shape index (κ3) is 4.65. The van der Waals surface area contributed by atoms with E-state index in [1.807, 2.05) is 0 Å². The lowest BCUT2D eigenvalue weighted by Crippen LogP contribution is -2.35. The van der Waals surface area contributed by atoms with E-state index in [0.29, 0.717) is 5.56 Å². The van der Waals surface area contributed by atoms with Gasteiger partial charge in [0, 0.05) is 25.0 Å². The Labute approximate surface area is 142 Å². The quantitative estimate of drug-likeness (QED) is 0.817. The summed E-state index contributed by atoms with van der Waals surface area (Å²) in [5, 5.41) is 0. The van der Waals surface area contributed by atoms with Gasteiger partial charge in [-0.1, -0.05) is 0 Å². The summed E-state index contributed by atoms with van der Waals surface area (Å²) in [6.07, 6.45) is -1.69. The van der Waals surface area contributed by atoms with Crippen LogP contribution in [-0.2, 0) is 10.9 Å². The van der Waals surface area contributed by atoms with E-state index >= 15 is 0 Å². The van der Waals surface area contributed by atoms with E-state index in [4.69, 9.17) is 4.74 Å².